The number of rotatable bonds is 6. The highest BCUT2D eigenvalue weighted by molar-refractivity contribution is 7.99. The van der Waals surface area contributed by atoms with Crippen LogP contribution in [0.4, 0.5) is 0 Å². The molecule has 0 aromatic heterocycles. The summed E-state index contributed by atoms with van der Waals surface area (Å²) in [6.45, 7) is 0.594. The van der Waals surface area contributed by atoms with Crippen molar-refractivity contribution in [3.63, 3.8) is 0 Å². The van der Waals surface area contributed by atoms with Crippen molar-refractivity contribution in [1.82, 2.24) is 0 Å². The minimum atomic E-state index is 0.0752. The monoisotopic (exact) mass is 227 g/mol. The predicted molar refractivity (Wildman–Crippen MR) is 63.6 cm³/mol. The molecule has 0 saturated heterocycles. The number of benzene rings is 1. The fourth-order valence-corrected chi connectivity index (χ4v) is 2.03. The van der Waals surface area contributed by atoms with Gasteiger partial charge in [-0.15, -0.1) is 11.8 Å². The van der Waals surface area contributed by atoms with E-state index in [1.54, 1.807) is 26.0 Å². The standard InChI is InChI=1S/C11H17NO2S/c1-13-7-9(12)8-15-11-5-3-4-10(6-11)14-2/h3-6,9H,7-8,12H2,1-2H3. The van der Waals surface area contributed by atoms with E-state index in [-0.39, 0.29) is 6.04 Å². The van der Waals surface area contributed by atoms with Crippen LogP contribution in [0.5, 0.6) is 5.75 Å². The van der Waals surface area contributed by atoms with Gasteiger partial charge in [0.05, 0.1) is 13.7 Å². The molecule has 0 bridgehead atoms. The molecule has 1 aromatic carbocycles. The van der Waals surface area contributed by atoms with Gasteiger partial charge in [-0.3, -0.25) is 0 Å². The number of methoxy groups -OCH3 is 2. The van der Waals surface area contributed by atoms with Crippen LogP contribution in [0, 0.1) is 0 Å². The maximum Gasteiger partial charge on any atom is 0.119 e. The molecule has 0 aliphatic carbocycles. The summed E-state index contributed by atoms with van der Waals surface area (Å²) in [6.07, 6.45) is 0. The maximum atomic E-state index is 5.83. The molecule has 0 fully saturated rings. The molecule has 1 atom stereocenters. The Kier molecular flexibility index (Phi) is 5.53. The van der Waals surface area contributed by atoms with Crippen molar-refractivity contribution < 1.29 is 9.47 Å². The third-order valence-corrected chi connectivity index (χ3v) is 3.07. The van der Waals surface area contributed by atoms with Crippen LogP contribution < -0.4 is 10.5 Å². The zero-order valence-corrected chi connectivity index (χ0v) is 9.92. The first-order chi connectivity index (χ1) is 7.26. The van der Waals surface area contributed by atoms with Crippen LogP contribution in [0.15, 0.2) is 29.2 Å². The highest BCUT2D eigenvalue weighted by Crippen LogP contribution is 2.22. The Morgan fingerprint density at radius 3 is 2.87 bits per heavy atom. The van der Waals surface area contributed by atoms with Crippen LogP contribution in [0.1, 0.15) is 0 Å². The van der Waals surface area contributed by atoms with Gasteiger partial charge in [0.2, 0.25) is 0 Å². The largest absolute Gasteiger partial charge is 0.497 e. The van der Waals surface area contributed by atoms with Gasteiger partial charge in [-0.1, -0.05) is 6.07 Å². The second-order valence-corrected chi connectivity index (χ2v) is 4.30. The summed E-state index contributed by atoms with van der Waals surface area (Å²) in [5.74, 6) is 1.72. The minimum absolute atomic E-state index is 0.0752. The van der Waals surface area contributed by atoms with Crippen LogP contribution in [0.25, 0.3) is 0 Å². The van der Waals surface area contributed by atoms with Crippen molar-refractivity contribution >= 4 is 11.8 Å². The Morgan fingerprint density at radius 2 is 2.20 bits per heavy atom. The average molecular weight is 227 g/mol. The lowest BCUT2D eigenvalue weighted by Gasteiger charge is -2.10. The summed E-state index contributed by atoms with van der Waals surface area (Å²) < 4.78 is 10.1. The fourth-order valence-electron chi connectivity index (χ4n) is 1.16. The van der Waals surface area contributed by atoms with E-state index in [1.165, 1.54) is 4.90 Å². The van der Waals surface area contributed by atoms with Crippen molar-refractivity contribution in [3.8, 4) is 5.75 Å². The predicted octanol–water partition coefficient (Wildman–Crippen LogP) is 1.76. The van der Waals surface area contributed by atoms with Crippen LogP contribution >= 0.6 is 11.8 Å². The Labute approximate surface area is 94.9 Å². The lowest BCUT2D eigenvalue weighted by atomic mass is 10.3. The SMILES string of the molecule is COCC(N)CSc1cccc(OC)c1. The molecule has 84 valence electrons. The highest BCUT2D eigenvalue weighted by Gasteiger charge is 2.03. The smallest absolute Gasteiger partial charge is 0.119 e. The zero-order valence-electron chi connectivity index (χ0n) is 9.10. The van der Waals surface area contributed by atoms with Gasteiger partial charge in [0.15, 0.2) is 0 Å². The molecule has 0 saturated carbocycles. The summed E-state index contributed by atoms with van der Waals surface area (Å²) in [4.78, 5) is 1.17. The Morgan fingerprint density at radius 1 is 1.40 bits per heavy atom. The van der Waals surface area contributed by atoms with E-state index >= 15 is 0 Å². The fraction of sp³-hybridized carbons (Fsp3) is 0.455. The third kappa shape index (κ3) is 4.55. The number of thioether (sulfide) groups is 1. The van der Waals surface area contributed by atoms with Crippen molar-refractivity contribution in [2.24, 2.45) is 5.73 Å². The second-order valence-electron chi connectivity index (χ2n) is 3.21. The summed E-state index contributed by atoms with van der Waals surface area (Å²) in [5, 5.41) is 0. The van der Waals surface area contributed by atoms with Crippen LogP contribution in [-0.2, 0) is 4.74 Å². The van der Waals surface area contributed by atoms with Crippen LogP contribution in [0.3, 0.4) is 0 Å². The van der Waals surface area contributed by atoms with E-state index in [9.17, 15) is 0 Å². The minimum Gasteiger partial charge on any atom is -0.497 e. The summed E-state index contributed by atoms with van der Waals surface area (Å²) in [7, 11) is 3.33. The topological polar surface area (TPSA) is 44.5 Å². The van der Waals surface area contributed by atoms with Crippen molar-refractivity contribution in [2.75, 3.05) is 26.6 Å². The van der Waals surface area contributed by atoms with Gasteiger partial charge in [0.1, 0.15) is 5.75 Å². The molecule has 0 radical (unpaired) electrons. The number of ether oxygens (including phenoxy) is 2. The van der Waals surface area contributed by atoms with Gasteiger partial charge in [-0.05, 0) is 18.2 Å². The number of hydrogen-bond acceptors (Lipinski definition) is 4. The number of hydrogen-bond donors (Lipinski definition) is 1. The summed E-state index contributed by atoms with van der Waals surface area (Å²) >= 11 is 1.71. The van der Waals surface area contributed by atoms with Gasteiger partial charge in [-0.2, -0.15) is 0 Å². The molecule has 3 nitrogen and oxygen atoms in total. The first-order valence-corrected chi connectivity index (χ1v) is 5.76. The van der Waals surface area contributed by atoms with E-state index in [0.717, 1.165) is 11.5 Å². The Hall–Kier alpha value is -0.710. The van der Waals surface area contributed by atoms with Gasteiger partial charge in [0, 0.05) is 23.8 Å². The summed E-state index contributed by atoms with van der Waals surface area (Å²) in [5.41, 5.74) is 5.83. The first kappa shape index (κ1) is 12.4. The molecule has 0 amide bonds. The zero-order chi connectivity index (χ0) is 11.1. The van der Waals surface area contributed by atoms with Gasteiger partial charge < -0.3 is 15.2 Å². The van der Waals surface area contributed by atoms with Gasteiger partial charge >= 0.3 is 0 Å². The van der Waals surface area contributed by atoms with E-state index < -0.39 is 0 Å². The molecule has 0 spiro atoms. The third-order valence-electron chi connectivity index (χ3n) is 1.89. The van der Waals surface area contributed by atoms with Crippen molar-refractivity contribution in [2.45, 2.75) is 10.9 Å². The van der Waals surface area contributed by atoms with E-state index in [0.29, 0.717) is 6.61 Å². The van der Waals surface area contributed by atoms with E-state index in [4.69, 9.17) is 15.2 Å². The number of nitrogens with two attached hydrogens (primary N) is 1. The quantitative estimate of drug-likeness (QED) is 0.752. The van der Waals surface area contributed by atoms with Crippen LogP contribution in [-0.4, -0.2) is 32.6 Å². The molecule has 0 aliphatic heterocycles. The lowest BCUT2D eigenvalue weighted by molar-refractivity contribution is 0.186. The van der Waals surface area contributed by atoms with Gasteiger partial charge in [0.25, 0.3) is 0 Å². The molecule has 15 heavy (non-hydrogen) atoms. The van der Waals surface area contributed by atoms with Gasteiger partial charge in [-0.25, -0.2) is 0 Å². The molecule has 4 heteroatoms. The van der Waals surface area contributed by atoms with Crippen molar-refractivity contribution in [3.05, 3.63) is 24.3 Å². The van der Waals surface area contributed by atoms with E-state index in [1.807, 2.05) is 24.3 Å². The summed E-state index contributed by atoms with van der Waals surface area (Å²) in [6, 6.07) is 8.03. The molecular formula is C11H17NO2S. The molecular weight excluding hydrogens is 210 g/mol. The normalized spacial score (nSPS) is 12.5. The van der Waals surface area contributed by atoms with Crippen LogP contribution in [0.2, 0.25) is 0 Å². The second kappa shape index (κ2) is 6.71. The molecule has 1 unspecified atom stereocenters. The van der Waals surface area contributed by atoms with Crippen molar-refractivity contribution in [1.29, 1.82) is 0 Å². The average Bonchev–Trinajstić information content (AvgIpc) is 2.27. The molecule has 1 rings (SSSR count). The maximum absolute atomic E-state index is 5.83. The Balaban J connectivity index is 2.43. The molecule has 2 N–H and O–H groups in total. The van der Waals surface area contributed by atoms with E-state index in [2.05, 4.69) is 0 Å². The molecule has 0 heterocycles. The Bertz CT molecular complexity index is 294. The molecule has 0 aliphatic rings. The highest BCUT2D eigenvalue weighted by atomic mass is 32.2. The lowest BCUT2D eigenvalue weighted by Crippen LogP contribution is -2.27. The first-order valence-electron chi connectivity index (χ1n) is 4.77. The molecule has 1 aromatic rings.